The van der Waals surface area contributed by atoms with Gasteiger partial charge in [0.2, 0.25) is 0 Å². The minimum atomic E-state index is -0.647. The van der Waals surface area contributed by atoms with E-state index in [0.717, 1.165) is 25.7 Å². The fourth-order valence-electron chi connectivity index (χ4n) is 2.58. The van der Waals surface area contributed by atoms with Gasteiger partial charge in [0.1, 0.15) is 5.60 Å². The van der Waals surface area contributed by atoms with Crippen LogP contribution >= 0.6 is 0 Å². The summed E-state index contributed by atoms with van der Waals surface area (Å²) in [6.07, 6.45) is 5.42. The van der Waals surface area contributed by atoms with Crippen molar-refractivity contribution < 1.29 is 23.8 Å². The lowest BCUT2D eigenvalue weighted by molar-refractivity contribution is -0.172. The molecule has 124 valence electrons. The van der Waals surface area contributed by atoms with Crippen molar-refractivity contribution in [3.63, 3.8) is 0 Å². The molecule has 22 heavy (non-hydrogen) atoms. The highest BCUT2D eigenvalue weighted by atomic mass is 16.6. The Bertz CT molecular complexity index is 419. The fraction of sp³-hybridized carbons (Fsp3) is 0.647. The van der Waals surface area contributed by atoms with Crippen LogP contribution in [0.1, 0.15) is 39.5 Å². The predicted octanol–water partition coefficient (Wildman–Crippen LogP) is 2.80. The first-order valence-corrected chi connectivity index (χ1v) is 7.66. The van der Waals surface area contributed by atoms with E-state index < -0.39 is 24.1 Å². The van der Waals surface area contributed by atoms with Crippen LogP contribution in [0.2, 0.25) is 0 Å². The lowest BCUT2D eigenvalue weighted by Gasteiger charge is -2.33. The summed E-state index contributed by atoms with van der Waals surface area (Å²) < 4.78 is 15.6. The van der Waals surface area contributed by atoms with Crippen LogP contribution in [0.5, 0.6) is 0 Å². The lowest BCUT2D eigenvalue weighted by Crippen LogP contribution is -2.38. The average Bonchev–Trinajstić information content (AvgIpc) is 2.94. The van der Waals surface area contributed by atoms with Crippen LogP contribution in [-0.2, 0) is 23.8 Å². The second kappa shape index (κ2) is 8.73. The van der Waals surface area contributed by atoms with Crippen molar-refractivity contribution in [3.8, 4) is 0 Å². The van der Waals surface area contributed by atoms with Gasteiger partial charge in [0, 0.05) is 0 Å². The zero-order valence-electron chi connectivity index (χ0n) is 13.6. The van der Waals surface area contributed by atoms with Gasteiger partial charge >= 0.3 is 11.9 Å². The lowest BCUT2D eigenvalue weighted by atomic mass is 9.88. The average molecular weight is 310 g/mol. The fourth-order valence-corrected chi connectivity index (χ4v) is 2.58. The summed E-state index contributed by atoms with van der Waals surface area (Å²) in [5.74, 6) is -0.910. The summed E-state index contributed by atoms with van der Waals surface area (Å²) >= 11 is 0. The van der Waals surface area contributed by atoms with Crippen LogP contribution < -0.4 is 0 Å². The van der Waals surface area contributed by atoms with Crippen molar-refractivity contribution in [3.05, 3.63) is 24.8 Å². The third-order valence-electron chi connectivity index (χ3n) is 3.94. The molecule has 1 fully saturated rings. The van der Waals surface area contributed by atoms with Crippen molar-refractivity contribution in [2.24, 2.45) is 5.92 Å². The summed E-state index contributed by atoms with van der Waals surface area (Å²) in [5.41, 5.74) is -0.248. The third-order valence-corrected chi connectivity index (χ3v) is 3.94. The number of hydrogen-bond donors (Lipinski definition) is 0. The van der Waals surface area contributed by atoms with Crippen molar-refractivity contribution >= 4 is 11.9 Å². The van der Waals surface area contributed by atoms with Crippen molar-refractivity contribution in [2.45, 2.75) is 45.1 Å². The molecule has 5 nitrogen and oxygen atoms in total. The number of carbonyl (C=O) groups is 2. The first kappa shape index (κ1) is 18.4. The van der Waals surface area contributed by atoms with Gasteiger partial charge in [0.25, 0.3) is 0 Å². The molecule has 0 radical (unpaired) electrons. The summed E-state index contributed by atoms with van der Waals surface area (Å²) in [5, 5.41) is 0. The number of ether oxygens (including phenoxy) is 3. The van der Waals surface area contributed by atoms with Gasteiger partial charge in [-0.05, 0) is 31.6 Å². The first-order chi connectivity index (χ1) is 10.4. The van der Waals surface area contributed by atoms with Crippen LogP contribution in [0.3, 0.4) is 0 Å². The highest BCUT2D eigenvalue weighted by molar-refractivity contribution is 5.89. The quantitative estimate of drug-likeness (QED) is 0.284. The topological polar surface area (TPSA) is 61.8 Å². The van der Waals surface area contributed by atoms with Gasteiger partial charge in [-0.15, -0.1) is 6.58 Å². The van der Waals surface area contributed by atoms with Gasteiger partial charge in [0.15, 0.2) is 6.61 Å². The van der Waals surface area contributed by atoms with Gasteiger partial charge in [-0.3, -0.25) is 0 Å². The molecule has 0 atom stereocenters. The molecular weight excluding hydrogens is 284 g/mol. The Balaban J connectivity index is 2.37. The molecule has 0 bridgehead atoms. The van der Waals surface area contributed by atoms with Gasteiger partial charge in [-0.1, -0.05) is 26.5 Å². The molecule has 0 unspecified atom stereocenters. The predicted molar refractivity (Wildman–Crippen MR) is 83.2 cm³/mol. The monoisotopic (exact) mass is 310 g/mol. The third kappa shape index (κ3) is 5.30. The number of esters is 2. The number of carbonyl (C=O) groups excluding carboxylic acids is 2. The number of rotatable bonds is 9. The van der Waals surface area contributed by atoms with Crippen LogP contribution in [0.25, 0.3) is 0 Å². The molecule has 0 aliphatic heterocycles. The Morgan fingerprint density at radius 3 is 2.41 bits per heavy atom. The maximum absolute atomic E-state index is 11.9. The van der Waals surface area contributed by atoms with E-state index in [0.29, 0.717) is 6.61 Å². The molecule has 0 saturated heterocycles. The smallest absolute Gasteiger partial charge is 0.344 e. The Labute approximate surface area is 132 Å². The zero-order chi connectivity index (χ0) is 16.6. The van der Waals surface area contributed by atoms with Crippen LogP contribution in [0.4, 0.5) is 0 Å². The van der Waals surface area contributed by atoms with E-state index in [1.807, 2.05) is 13.8 Å². The molecule has 5 heteroatoms. The maximum atomic E-state index is 11.9. The summed E-state index contributed by atoms with van der Waals surface area (Å²) in [4.78, 5) is 23.6. The zero-order valence-corrected chi connectivity index (χ0v) is 13.6. The molecule has 0 amide bonds. The van der Waals surface area contributed by atoms with Crippen molar-refractivity contribution in [1.82, 2.24) is 0 Å². The van der Waals surface area contributed by atoms with Gasteiger partial charge in [-0.25, -0.2) is 9.59 Å². The van der Waals surface area contributed by atoms with Crippen LogP contribution in [0.15, 0.2) is 24.8 Å². The Hall–Kier alpha value is -1.62. The molecule has 0 spiro atoms. The van der Waals surface area contributed by atoms with Gasteiger partial charge in [-0.2, -0.15) is 0 Å². The van der Waals surface area contributed by atoms with E-state index in [2.05, 4.69) is 13.2 Å². The molecule has 0 aromatic heterocycles. The maximum Gasteiger partial charge on any atom is 0.344 e. The van der Waals surface area contributed by atoms with E-state index in [4.69, 9.17) is 14.2 Å². The van der Waals surface area contributed by atoms with E-state index >= 15 is 0 Å². The molecule has 0 aromatic carbocycles. The molecule has 1 saturated carbocycles. The standard InChI is InChI=1S/C17H26O5/c1-5-10-20-11-14(4)16(19)21-12-15(18)22-17(13(2)3)8-6-7-9-17/h5,13H,1,4,6-12H2,2-3H3. The van der Waals surface area contributed by atoms with Crippen LogP contribution in [-0.4, -0.2) is 37.4 Å². The van der Waals surface area contributed by atoms with E-state index in [9.17, 15) is 9.59 Å². The summed E-state index contributed by atoms with van der Waals surface area (Å²) in [6.45, 7) is 11.1. The molecule has 0 N–H and O–H groups in total. The van der Waals surface area contributed by atoms with Crippen molar-refractivity contribution in [2.75, 3.05) is 19.8 Å². The largest absolute Gasteiger partial charge is 0.456 e. The Kier molecular flexibility index (Phi) is 7.32. The van der Waals surface area contributed by atoms with Crippen molar-refractivity contribution in [1.29, 1.82) is 0 Å². The van der Waals surface area contributed by atoms with Gasteiger partial charge < -0.3 is 14.2 Å². The minimum Gasteiger partial charge on any atom is -0.456 e. The Morgan fingerprint density at radius 2 is 1.86 bits per heavy atom. The van der Waals surface area contributed by atoms with Crippen LogP contribution in [0, 0.1) is 5.92 Å². The molecular formula is C17H26O5. The van der Waals surface area contributed by atoms with E-state index in [1.54, 1.807) is 6.08 Å². The first-order valence-electron chi connectivity index (χ1n) is 7.66. The molecule has 1 aliphatic carbocycles. The second-order valence-electron chi connectivity index (χ2n) is 5.88. The van der Waals surface area contributed by atoms with Gasteiger partial charge in [0.05, 0.1) is 18.8 Å². The second-order valence-corrected chi connectivity index (χ2v) is 5.88. The summed E-state index contributed by atoms with van der Waals surface area (Å²) in [7, 11) is 0. The molecule has 1 aliphatic rings. The summed E-state index contributed by atoms with van der Waals surface area (Å²) in [6, 6.07) is 0. The highest BCUT2D eigenvalue weighted by Gasteiger charge is 2.40. The SMILES string of the molecule is C=CCOCC(=C)C(=O)OCC(=O)OC1(C(C)C)CCCC1. The number of hydrogen-bond acceptors (Lipinski definition) is 5. The normalized spacial score (nSPS) is 16.3. The van der Waals surface area contributed by atoms with E-state index in [-0.39, 0.29) is 18.1 Å². The van der Waals surface area contributed by atoms with E-state index in [1.165, 1.54) is 0 Å². The molecule has 1 rings (SSSR count). The minimum absolute atomic E-state index is 0.0514. The molecule has 0 heterocycles. The Morgan fingerprint density at radius 1 is 1.23 bits per heavy atom. The molecule has 0 aromatic rings. The highest BCUT2D eigenvalue weighted by Crippen LogP contribution is 2.39.